The molecular weight excluding hydrogens is 252 g/mol. The summed E-state index contributed by atoms with van der Waals surface area (Å²) in [6.07, 6.45) is 1.04. The number of nitrogens with one attached hydrogen (secondary N) is 1. The molecule has 1 saturated heterocycles. The van der Waals surface area contributed by atoms with Crippen molar-refractivity contribution < 1.29 is 13.3 Å². The van der Waals surface area contributed by atoms with Crippen molar-refractivity contribution in [1.29, 1.82) is 0 Å². The number of halogens is 2. The Kier molecular flexibility index (Phi) is 3.02. The average molecular weight is 265 g/mol. The largest absolute Gasteiger partial charge is 0.337 e. The molecule has 1 aromatic heterocycles. The molecule has 0 saturated carbocycles. The minimum absolute atomic E-state index is 0.0136. The highest BCUT2D eigenvalue weighted by atomic mass is 19.1. The van der Waals surface area contributed by atoms with Gasteiger partial charge in [-0.05, 0) is 31.0 Å². The van der Waals surface area contributed by atoms with Crippen LogP contribution in [0.5, 0.6) is 0 Å². The van der Waals surface area contributed by atoms with Crippen LogP contribution in [0.2, 0.25) is 0 Å². The summed E-state index contributed by atoms with van der Waals surface area (Å²) in [5, 5.41) is 7.05. The third-order valence-electron chi connectivity index (χ3n) is 3.36. The molecule has 0 radical (unpaired) electrons. The molecule has 1 aromatic carbocycles. The summed E-state index contributed by atoms with van der Waals surface area (Å²) in [5.41, 5.74) is 0.276. The fraction of sp³-hybridized carbons (Fsp3) is 0.385. The van der Waals surface area contributed by atoms with Gasteiger partial charge in [0, 0.05) is 11.6 Å². The van der Waals surface area contributed by atoms with Crippen LogP contribution in [-0.4, -0.2) is 16.7 Å². The number of hydrogen-bond donors (Lipinski definition) is 1. The van der Waals surface area contributed by atoms with E-state index in [1.165, 1.54) is 12.1 Å². The number of hydrogen-bond acceptors (Lipinski definition) is 4. The summed E-state index contributed by atoms with van der Waals surface area (Å²) in [7, 11) is 0. The normalized spacial score (nSPS) is 22.9. The first-order valence-corrected chi connectivity index (χ1v) is 6.17. The van der Waals surface area contributed by atoms with Gasteiger partial charge >= 0.3 is 0 Å². The number of benzene rings is 1. The lowest BCUT2D eigenvalue weighted by atomic mass is 10.0. The minimum atomic E-state index is -0.659. The number of rotatable bonds is 2. The molecular formula is C13H13F2N3O. The molecule has 0 amide bonds. The molecule has 1 fully saturated rings. The van der Waals surface area contributed by atoms with Crippen molar-refractivity contribution in [1.82, 2.24) is 15.5 Å². The zero-order valence-corrected chi connectivity index (χ0v) is 10.4. The van der Waals surface area contributed by atoms with Crippen molar-refractivity contribution in [3.8, 4) is 11.4 Å². The Morgan fingerprint density at radius 1 is 1.26 bits per heavy atom. The van der Waals surface area contributed by atoms with Crippen LogP contribution in [0.15, 0.2) is 22.7 Å². The van der Waals surface area contributed by atoms with E-state index in [4.69, 9.17) is 4.52 Å². The van der Waals surface area contributed by atoms with Gasteiger partial charge in [-0.2, -0.15) is 4.98 Å². The number of aromatic nitrogens is 2. The Morgan fingerprint density at radius 2 is 2.00 bits per heavy atom. The van der Waals surface area contributed by atoms with Crippen LogP contribution in [0, 0.1) is 17.6 Å². The minimum Gasteiger partial charge on any atom is -0.337 e. The Hall–Kier alpha value is -1.82. The molecule has 6 heteroatoms. The molecule has 1 N–H and O–H groups in total. The van der Waals surface area contributed by atoms with Crippen molar-refractivity contribution >= 4 is 0 Å². The van der Waals surface area contributed by atoms with Gasteiger partial charge in [-0.3, -0.25) is 0 Å². The van der Waals surface area contributed by atoms with Crippen LogP contribution in [-0.2, 0) is 0 Å². The number of nitrogens with zero attached hydrogens (tertiary/aromatic N) is 2. The Labute approximate surface area is 108 Å². The Morgan fingerprint density at radius 3 is 2.63 bits per heavy atom. The third-order valence-corrected chi connectivity index (χ3v) is 3.36. The molecule has 2 aromatic rings. The maximum atomic E-state index is 13.1. The SMILES string of the molecule is CC1CCNC1c1nc(-c2cc(F)cc(F)c2)no1. The molecule has 100 valence electrons. The molecule has 2 atom stereocenters. The summed E-state index contributed by atoms with van der Waals surface area (Å²) in [4.78, 5) is 4.22. The van der Waals surface area contributed by atoms with E-state index >= 15 is 0 Å². The molecule has 0 aliphatic carbocycles. The Bertz CT molecular complexity index is 579. The molecule has 1 aliphatic rings. The van der Waals surface area contributed by atoms with Crippen LogP contribution < -0.4 is 5.32 Å². The van der Waals surface area contributed by atoms with Gasteiger partial charge in [-0.1, -0.05) is 12.1 Å². The maximum absolute atomic E-state index is 13.1. The lowest BCUT2D eigenvalue weighted by molar-refractivity contribution is 0.319. The molecule has 3 rings (SSSR count). The van der Waals surface area contributed by atoms with Crippen LogP contribution >= 0.6 is 0 Å². The topological polar surface area (TPSA) is 51.0 Å². The zero-order chi connectivity index (χ0) is 13.4. The first kappa shape index (κ1) is 12.2. The summed E-state index contributed by atoms with van der Waals surface area (Å²) in [6.45, 7) is 2.99. The summed E-state index contributed by atoms with van der Waals surface area (Å²) in [6, 6.07) is 3.19. The van der Waals surface area contributed by atoms with E-state index in [1.807, 2.05) is 0 Å². The second-order valence-electron chi connectivity index (χ2n) is 4.81. The third kappa shape index (κ3) is 2.35. The van der Waals surface area contributed by atoms with Crippen LogP contribution in [0.1, 0.15) is 25.3 Å². The highest BCUT2D eigenvalue weighted by Crippen LogP contribution is 2.29. The van der Waals surface area contributed by atoms with Gasteiger partial charge in [0.25, 0.3) is 0 Å². The first-order valence-electron chi connectivity index (χ1n) is 6.17. The fourth-order valence-electron chi connectivity index (χ4n) is 2.33. The van der Waals surface area contributed by atoms with Gasteiger partial charge in [-0.25, -0.2) is 8.78 Å². The lowest BCUT2D eigenvalue weighted by Gasteiger charge is -2.09. The van der Waals surface area contributed by atoms with E-state index in [0.29, 0.717) is 11.8 Å². The van der Waals surface area contributed by atoms with Crippen LogP contribution in [0.4, 0.5) is 8.78 Å². The van der Waals surface area contributed by atoms with Crippen molar-refractivity contribution in [3.05, 3.63) is 35.7 Å². The van der Waals surface area contributed by atoms with Crippen LogP contribution in [0.25, 0.3) is 11.4 Å². The van der Waals surface area contributed by atoms with Gasteiger partial charge in [0.1, 0.15) is 11.6 Å². The van der Waals surface area contributed by atoms with Gasteiger partial charge in [0.2, 0.25) is 11.7 Å². The second kappa shape index (κ2) is 4.70. The smallest absolute Gasteiger partial charge is 0.244 e. The molecule has 1 aliphatic heterocycles. The summed E-state index contributed by atoms with van der Waals surface area (Å²) >= 11 is 0. The average Bonchev–Trinajstić information content (AvgIpc) is 2.95. The zero-order valence-electron chi connectivity index (χ0n) is 10.4. The van der Waals surface area contributed by atoms with Gasteiger partial charge in [-0.15, -0.1) is 0 Å². The van der Waals surface area contributed by atoms with E-state index in [9.17, 15) is 8.78 Å². The van der Waals surface area contributed by atoms with Crippen molar-refractivity contribution in [3.63, 3.8) is 0 Å². The fourth-order valence-corrected chi connectivity index (χ4v) is 2.33. The molecule has 2 unspecified atom stereocenters. The maximum Gasteiger partial charge on any atom is 0.244 e. The first-order chi connectivity index (χ1) is 9.13. The predicted octanol–water partition coefficient (Wildman–Crippen LogP) is 2.69. The summed E-state index contributed by atoms with van der Waals surface area (Å²) < 4.78 is 31.5. The van der Waals surface area contributed by atoms with Gasteiger partial charge in [0.15, 0.2) is 0 Å². The van der Waals surface area contributed by atoms with Crippen molar-refractivity contribution in [2.24, 2.45) is 5.92 Å². The molecule has 2 heterocycles. The van der Waals surface area contributed by atoms with Crippen LogP contribution in [0.3, 0.4) is 0 Å². The van der Waals surface area contributed by atoms with E-state index in [-0.39, 0.29) is 17.4 Å². The molecule has 19 heavy (non-hydrogen) atoms. The Balaban J connectivity index is 1.92. The standard InChI is InChI=1S/C13H13F2N3O/c1-7-2-3-16-11(7)13-17-12(18-19-13)8-4-9(14)6-10(15)5-8/h4-7,11,16H,2-3H2,1H3. The van der Waals surface area contributed by atoms with E-state index in [1.54, 1.807) is 0 Å². The predicted molar refractivity (Wildman–Crippen MR) is 64.2 cm³/mol. The van der Waals surface area contributed by atoms with E-state index in [2.05, 4.69) is 22.4 Å². The molecule has 4 nitrogen and oxygen atoms in total. The van der Waals surface area contributed by atoms with E-state index in [0.717, 1.165) is 19.0 Å². The highest BCUT2D eigenvalue weighted by molar-refractivity contribution is 5.54. The lowest BCUT2D eigenvalue weighted by Crippen LogP contribution is -2.16. The van der Waals surface area contributed by atoms with E-state index < -0.39 is 11.6 Å². The quantitative estimate of drug-likeness (QED) is 0.907. The molecule has 0 bridgehead atoms. The summed E-state index contributed by atoms with van der Waals surface area (Å²) in [5.74, 6) is -0.251. The van der Waals surface area contributed by atoms with Gasteiger partial charge in [0.05, 0.1) is 6.04 Å². The van der Waals surface area contributed by atoms with Crippen molar-refractivity contribution in [2.45, 2.75) is 19.4 Å². The van der Waals surface area contributed by atoms with Crippen molar-refractivity contribution in [2.75, 3.05) is 6.54 Å². The second-order valence-corrected chi connectivity index (χ2v) is 4.81. The highest BCUT2D eigenvalue weighted by Gasteiger charge is 2.29. The molecule has 0 spiro atoms. The monoisotopic (exact) mass is 265 g/mol. The van der Waals surface area contributed by atoms with Gasteiger partial charge < -0.3 is 9.84 Å².